The van der Waals surface area contributed by atoms with E-state index in [4.69, 9.17) is 12.2 Å². The predicted molar refractivity (Wildman–Crippen MR) is 64.5 cm³/mol. The molecule has 2 aromatic heterocycles. The van der Waals surface area contributed by atoms with E-state index >= 15 is 0 Å². The molecule has 2 aromatic rings. The molecule has 0 bridgehead atoms. The van der Waals surface area contributed by atoms with Gasteiger partial charge < -0.3 is 4.98 Å². The van der Waals surface area contributed by atoms with Gasteiger partial charge in [0.05, 0.1) is 5.39 Å². The molecule has 18 heavy (non-hydrogen) atoms. The highest BCUT2D eigenvalue weighted by molar-refractivity contribution is 7.71. The van der Waals surface area contributed by atoms with E-state index in [2.05, 4.69) is 4.98 Å². The van der Waals surface area contributed by atoms with Crippen LogP contribution >= 0.6 is 23.6 Å². The van der Waals surface area contributed by atoms with Crippen LogP contribution in [0.4, 0.5) is 13.2 Å². The van der Waals surface area contributed by atoms with Crippen LogP contribution in [0.2, 0.25) is 0 Å². The van der Waals surface area contributed by atoms with Gasteiger partial charge in [0.1, 0.15) is 10.4 Å². The number of halogens is 3. The molecule has 1 N–H and O–H groups in total. The highest BCUT2D eigenvalue weighted by Crippen LogP contribution is 2.54. The zero-order chi connectivity index (χ0) is 13.1. The number of nitrogens with one attached hydrogen (secondary N) is 1. The lowest BCUT2D eigenvalue weighted by atomic mass is 10.2. The van der Waals surface area contributed by atoms with Crippen molar-refractivity contribution < 1.29 is 13.2 Å². The Morgan fingerprint density at radius 2 is 2.11 bits per heavy atom. The number of fused-ring (bicyclic) bond motifs is 1. The molecule has 96 valence electrons. The Hall–Kier alpha value is -1.15. The van der Waals surface area contributed by atoms with Crippen molar-refractivity contribution in [1.82, 2.24) is 9.55 Å². The molecule has 1 aliphatic carbocycles. The number of aromatic nitrogens is 2. The third-order valence-electron chi connectivity index (χ3n) is 3.20. The minimum atomic E-state index is -4.46. The molecule has 0 amide bonds. The van der Waals surface area contributed by atoms with Crippen LogP contribution in [0.3, 0.4) is 0 Å². The summed E-state index contributed by atoms with van der Waals surface area (Å²) >= 11 is 6.15. The maximum atomic E-state index is 13.1. The second-order valence-corrected chi connectivity index (χ2v) is 5.57. The van der Waals surface area contributed by atoms with Gasteiger partial charge in [0.25, 0.3) is 5.56 Å². The zero-order valence-electron chi connectivity index (χ0n) is 8.87. The highest BCUT2D eigenvalue weighted by atomic mass is 32.1. The summed E-state index contributed by atoms with van der Waals surface area (Å²) in [6, 6.07) is 1.51. The van der Waals surface area contributed by atoms with E-state index < -0.39 is 17.3 Å². The van der Waals surface area contributed by atoms with E-state index in [1.807, 2.05) is 0 Å². The molecular formula is C10H7F3N2OS2. The molecule has 1 fully saturated rings. The number of thiophene rings is 1. The van der Waals surface area contributed by atoms with Crippen molar-refractivity contribution in [2.75, 3.05) is 0 Å². The molecule has 0 saturated heterocycles. The Balaban J connectivity index is 2.37. The second-order valence-electron chi connectivity index (χ2n) is 4.26. The number of hydrogen-bond donors (Lipinski definition) is 1. The molecule has 0 unspecified atom stereocenters. The van der Waals surface area contributed by atoms with Crippen LogP contribution < -0.4 is 5.56 Å². The summed E-state index contributed by atoms with van der Waals surface area (Å²) in [5.41, 5.74) is -2.77. The van der Waals surface area contributed by atoms with E-state index in [1.165, 1.54) is 17.4 Å². The summed E-state index contributed by atoms with van der Waals surface area (Å²) < 4.78 is 39.7. The number of nitrogens with zero attached hydrogens (tertiary/aromatic N) is 1. The molecule has 0 aromatic carbocycles. The average Bonchev–Trinajstić information content (AvgIpc) is 2.91. The lowest BCUT2D eigenvalue weighted by Crippen LogP contribution is -2.42. The maximum Gasteiger partial charge on any atom is 0.412 e. The standard InChI is InChI=1S/C10H7F3N2OS2/c11-10(12,13)9(2-3-9)15-7(16)5-1-4-18-6(5)14-8(15)17/h1,4H,2-3H2,(H,14,17). The third kappa shape index (κ3) is 1.42. The highest BCUT2D eigenvalue weighted by Gasteiger charge is 2.65. The monoisotopic (exact) mass is 292 g/mol. The molecule has 1 aliphatic rings. The number of alkyl halides is 3. The summed E-state index contributed by atoms with van der Waals surface area (Å²) in [6.45, 7) is 0. The first-order chi connectivity index (χ1) is 8.37. The molecular weight excluding hydrogens is 285 g/mol. The number of H-pyrrole nitrogens is 1. The molecule has 0 radical (unpaired) electrons. The normalized spacial score (nSPS) is 18.2. The van der Waals surface area contributed by atoms with E-state index in [9.17, 15) is 18.0 Å². The largest absolute Gasteiger partial charge is 0.412 e. The lowest BCUT2D eigenvalue weighted by molar-refractivity contribution is -0.181. The van der Waals surface area contributed by atoms with Gasteiger partial charge in [0, 0.05) is 0 Å². The zero-order valence-corrected chi connectivity index (χ0v) is 10.5. The molecule has 1 saturated carbocycles. The van der Waals surface area contributed by atoms with Crippen molar-refractivity contribution in [3.8, 4) is 0 Å². The van der Waals surface area contributed by atoms with Crippen LogP contribution in [0, 0.1) is 4.77 Å². The quantitative estimate of drug-likeness (QED) is 0.820. The minimum absolute atomic E-state index is 0.0937. The van der Waals surface area contributed by atoms with Gasteiger partial charge in [-0.15, -0.1) is 11.3 Å². The summed E-state index contributed by atoms with van der Waals surface area (Å²) in [7, 11) is 0. The van der Waals surface area contributed by atoms with E-state index in [-0.39, 0.29) is 23.0 Å². The molecule has 0 atom stereocenters. The van der Waals surface area contributed by atoms with Crippen molar-refractivity contribution in [2.24, 2.45) is 0 Å². The summed E-state index contributed by atoms with van der Waals surface area (Å²) in [5.74, 6) is 0. The Labute approximate surface area is 108 Å². The third-order valence-corrected chi connectivity index (χ3v) is 4.32. The van der Waals surface area contributed by atoms with Gasteiger partial charge in [-0.05, 0) is 36.5 Å². The van der Waals surface area contributed by atoms with Gasteiger partial charge in [-0.3, -0.25) is 9.36 Å². The van der Waals surface area contributed by atoms with Crippen LogP contribution in [0.25, 0.3) is 10.2 Å². The fraction of sp³-hybridized carbons (Fsp3) is 0.400. The van der Waals surface area contributed by atoms with Gasteiger partial charge in [-0.2, -0.15) is 13.2 Å². The fourth-order valence-electron chi connectivity index (χ4n) is 2.08. The van der Waals surface area contributed by atoms with E-state index in [1.54, 1.807) is 5.38 Å². The van der Waals surface area contributed by atoms with E-state index in [0.717, 1.165) is 0 Å². The van der Waals surface area contributed by atoms with Gasteiger partial charge >= 0.3 is 6.18 Å². The minimum Gasteiger partial charge on any atom is -0.323 e. The number of rotatable bonds is 1. The van der Waals surface area contributed by atoms with Crippen molar-refractivity contribution in [2.45, 2.75) is 24.6 Å². The van der Waals surface area contributed by atoms with Crippen molar-refractivity contribution in [3.63, 3.8) is 0 Å². The SMILES string of the molecule is O=c1c2ccsc2[nH]c(=S)n1C1(C(F)(F)F)CC1. The van der Waals surface area contributed by atoms with Crippen molar-refractivity contribution in [1.29, 1.82) is 0 Å². The average molecular weight is 292 g/mol. The molecule has 8 heteroatoms. The van der Waals surface area contributed by atoms with Crippen LogP contribution in [0.5, 0.6) is 0 Å². The first-order valence-electron chi connectivity index (χ1n) is 5.16. The Bertz CT molecular complexity index is 736. The van der Waals surface area contributed by atoms with Crippen molar-refractivity contribution >= 4 is 33.8 Å². The maximum absolute atomic E-state index is 13.1. The first-order valence-corrected chi connectivity index (χ1v) is 6.45. The summed E-state index contributed by atoms with van der Waals surface area (Å²) in [5, 5.41) is 1.90. The molecule has 0 aliphatic heterocycles. The first kappa shape index (κ1) is 11.9. The number of hydrogen-bond acceptors (Lipinski definition) is 3. The van der Waals surface area contributed by atoms with Crippen LogP contribution in [0.15, 0.2) is 16.2 Å². The lowest BCUT2D eigenvalue weighted by Gasteiger charge is -2.21. The van der Waals surface area contributed by atoms with Crippen LogP contribution in [0.1, 0.15) is 12.8 Å². The van der Waals surface area contributed by atoms with E-state index in [0.29, 0.717) is 9.40 Å². The number of aromatic amines is 1. The van der Waals surface area contributed by atoms with Crippen LogP contribution in [-0.2, 0) is 5.54 Å². The second kappa shape index (κ2) is 3.45. The van der Waals surface area contributed by atoms with Gasteiger partial charge in [0.15, 0.2) is 4.77 Å². The van der Waals surface area contributed by atoms with Crippen LogP contribution in [-0.4, -0.2) is 15.7 Å². The van der Waals surface area contributed by atoms with Gasteiger partial charge in [-0.25, -0.2) is 0 Å². The smallest absolute Gasteiger partial charge is 0.323 e. The van der Waals surface area contributed by atoms with Gasteiger partial charge in [-0.1, -0.05) is 0 Å². The predicted octanol–water partition coefficient (Wildman–Crippen LogP) is 3.17. The fourth-order valence-corrected chi connectivity index (χ4v) is 3.28. The molecule has 2 heterocycles. The molecule has 0 spiro atoms. The Morgan fingerprint density at radius 1 is 1.44 bits per heavy atom. The Morgan fingerprint density at radius 3 is 2.67 bits per heavy atom. The molecule has 3 nitrogen and oxygen atoms in total. The summed E-state index contributed by atoms with van der Waals surface area (Å²) in [6.07, 6.45) is -4.64. The topological polar surface area (TPSA) is 37.8 Å². The van der Waals surface area contributed by atoms with Gasteiger partial charge in [0.2, 0.25) is 0 Å². The Kier molecular flexibility index (Phi) is 2.28. The van der Waals surface area contributed by atoms with Crippen molar-refractivity contribution in [3.05, 3.63) is 26.6 Å². The molecule has 3 rings (SSSR count). The summed E-state index contributed by atoms with van der Waals surface area (Å²) in [4.78, 5) is 15.3.